The summed E-state index contributed by atoms with van der Waals surface area (Å²) in [5.74, 6) is -0.797. The molecule has 1 aliphatic rings. The molecular weight excluding hydrogens is 220 g/mol. The summed E-state index contributed by atoms with van der Waals surface area (Å²) in [4.78, 5) is 24.6. The molecule has 1 fully saturated rings. The van der Waals surface area contributed by atoms with Gasteiger partial charge in [0.2, 0.25) is 0 Å². The third kappa shape index (κ3) is 4.24. The lowest BCUT2D eigenvalue weighted by molar-refractivity contribution is -0.139. The molecule has 1 unspecified atom stereocenters. The van der Waals surface area contributed by atoms with Crippen molar-refractivity contribution in [1.29, 1.82) is 0 Å². The fraction of sp³-hybridized carbons (Fsp3) is 0.833. The SMILES string of the molecule is CCCCN(CC)C(=O)NC(C(=O)O)C1CC1. The van der Waals surface area contributed by atoms with Crippen LogP contribution in [-0.4, -0.2) is 41.1 Å². The average Bonchev–Trinajstić information content (AvgIpc) is 3.10. The second kappa shape index (κ2) is 6.47. The van der Waals surface area contributed by atoms with Crippen LogP contribution in [0.4, 0.5) is 4.79 Å². The van der Waals surface area contributed by atoms with Crippen molar-refractivity contribution < 1.29 is 14.7 Å². The van der Waals surface area contributed by atoms with Gasteiger partial charge in [-0.1, -0.05) is 13.3 Å². The van der Waals surface area contributed by atoms with Crippen LogP contribution in [0.15, 0.2) is 0 Å². The molecule has 5 heteroatoms. The van der Waals surface area contributed by atoms with E-state index in [1.807, 2.05) is 6.92 Å². The van der Waals surface area contributed by atoms with Gasteiger partial charge >= 0.3 is 12.0 Å². The minimum atomic E-state index is -0.924. The standard InChI is InChI=1S/C12H22N2O3/c1-3-5-8-14(4-2)12(17)13-10(11(15)16)9-6-7-9/h9-10H,3-8H2,1-2H3,(H,13,17)(H,15,16). The molecule has 2 amide bonds. The molecule has 0 bridgehead atoms. The Bertz CT molecular complexity index is 277. The van der Waals surface area contributed by atoms with Gasteiger partial charge in [0.15, 0.2) is 0 Å². The van der Waals surface area contributed by atoms with Crippen LogP contribution in [0.1, 0.15) is 39.5 Å². The first-order chi connectivity index (χ1) is 8.10. The number of carbonyl (C=O) groups excluding carboxylic acids is 1. The summed E-state index contributed by atoms with van der Waals surface area (Å²) in [5.41, 5.74) is 0. The summed E-state index contributed by atoms with van der Waals surface area (Å²) >= 11 is 0. The normalized spacial score (nSPS) is 16.4. The van der Waals surface area contributed by atoms with Crippen molar-refractivity contribution in [3.63, 3.8) is 0 Å². The monoisotopic (exact) mass is 242 g/mol. The van der Waals surface area contributed by atoms with Gasteiger partial charge in [-0.15, -0.1) is 0 Å². The van der Waals surface area contributed by atoms with Gasteiger partial charge in [-0.3, -0.25) is 0 Å². The van der Waals surface area contributed by atoms with Crippen molar-refractivity contribution >= 4 is 12.0 Å². The quantitative estimate of drug-likeness (QED) is 0.713. The number of hydrogen-bond acceptors (Lipinski definition) is 2. The molecule has 1 atom stereocenters. The molecule has 5 nitrogen and oxygen atoms in total. The van der Waals surface area contributed by atoms with Crippen molar-refractivity contribution in [2.45, 2.75) is 45.6 Å². The zero-order valence-electron chi connectivity index (χ0n) is 10.6. The van der Waals surface area contributed by atoms with Crippen LogP contribution >= 0.6 is 0 Å². The predicted octanol–water partition coefficient (Wildman–Crippen LogP) is 1.68. The molecule has 0 aromatic heterocycles. The van der Waals surface area contributed by atoms with Crippen molar-refractivity contribution in [1.82, 2.24) is 10.2 Å². The maximum atomic E-state index is 11.9. The zero-order valence-corrected chi connectivity index (χ0v) is 10.6. The van der Waals surface area contributed by atoms with Gasteiger partial charge in [-0.25, -0.2) is 9.59 Å². The number of unbranched alkanes of at least 4 members (excludes halogenated alkanes) is 1. The van der Waals surface area contributed by atoms with E-state index in [1.54, 1.807) is 4.90 Å². The number of urea groups is 1. The van der Waals surface area contributed by atoms with E-state index in [0.29, 0.717) is 13.1 Å². The van der Waals surface area contributed by atoms with Crippen molar-refractivity contribution in [2.24, 2.45) is 5.92 Å². The van der Waals surface area contributed by atoms with Crippen LogP contribution in [0.5, 0.6) is 0 Å². The molecule has 17 heavy (non-hydrogen) atoms. The number of carbonyl (C=O) groups is 2. The molecule has 1 aliphatic carbocycles. The molecule has 1 saturated carbocycles. The lowest BCUT2D eigenvalue weighted by Crippen LogP contribution is -2.49. The fourth-order valence-corrected chi connectivity index (χ4v) is 1.79. The van der Waals surface area contributed by atoms with E-state index in [0.717, 1.165) is 25.7 Å². The largest absolute Gasteiger partial charge is 0.480 e. The third-order valence-corrected chi connectivity index (χ3v) is 3.09. The summed E-state index contributed by atoms with van der Waals surface area (Å²) in [6.07, 6.45) is 3.77. The van der Waals surface area contributed by atoms with Crippen LogP contribution in [-0.2, 0) is 4.79 Å². The Kier molecular flexibility index (Phi) is 5.25. The molecule has 98 valence electrons. The Balaban J connectivity index is 2.46. The van der Waals surface area contributed by atoms with Gasteiger partial charge in [0.05, 0.1) is 0 Å². The first-order valence-corrected chi connectivity index (χ1v) is 6.38. The van der Waals surface area contributed by atoms with Crippen molar-refractivity contribution in [2.75, 3.05) is 13.1 Å². The molecule has 0 aromatic carbocycles. The van der Waals surface area contributed by atoms with Crippen LogP contribution in [0.3, 0.4) is 0 Å². The van der Waals surface area contributed by atoms with E-state index in [2.05, 4.69) is 12.2 Å². The molecule has 0 heterocycles. The Labute approximate surface area is 102 Å². The Morgan fingerprint density at radius 1 is 1.41 bits per heavy atom. The van der Waals surface area contributed by atoms with Crippen LogP contribution in [0.25, 0.3) is 0 Å². The molecule has 0 aromatic rings. The number of amides is 2. The topological polar surface area (TPSA) is 69.6 Å². The fourth-order valence-electron chi connectivity index (χ4n) is 1.79. The molecule has 2 N–H and O–H groups in total. The predicted molar refractivity (Wildman–Crippen MR) is 64.8 cm³/mol. The smallest absolute Gasteiger partial charge is 0.326 e. The molecule has 0 spiro atoms. The molecule has 0 radical (unpaired) electrons. The maximum Gasteiger partial charge on any atom is 0.326 e. The number of hydrogen-bond donors (Lipinski definition) is 2. The second-order valence-corrected chi connectivity index (χ2v) is 4.54. The maximum absolute atomic E-state index is 11.9. The molecular formula is C12H22N2O3. The van der Waals surface area contributed by atoms with E-state index < -0.39 is 12.0 Å². The summed E-state index contributed by atoms with van der Waals surface area (Å²) in [6, 6.07) is -0.960. The average molecular weight is 242 g/mol. The summed E-state index contributed by atoms with van der Waals surface area (Å²) < 4.78 is 0. The summed E-state index contributed by atoms with van der Waals surface area (Å²) in [5, 5.41) is 11.7. The molecule has 0 aliphatic heterocycles. The van der Waals surface area contributed by atoms with Gasteiger partial charge in [0.25, 0.3) is 0 Å². The second-order valence-electron chi connectivity index (χ2n) is 4.54. The number of nitrogens with zero attached hydrogens (tertiary/aromatic N) is 1. The molecule has 0 saturated heterocycles. The lowest BCUT2D eigenvalue weighted by Gasteiger charge is -2.23. The van der Waals surface area contributed by atoms with Crippen LogP contribution < -0.4 is 5.32 Å². The minimum absolute atomic E-state index is 0.126. The Hall–Kier alpha value is -1.26. The van der Waals surface area contributed by atoms with Gasteiger partial charge in [0, 0.05) is 13.1 Å². The first-order valence-electron chi connectivity index (χ1n) is 6.38. The number of aliphatic carboxylic acids is 1. The zero-order chi connectivity index (χ0) is 12.8. The first kappa shape index (κ1) is 13.8. The van der Waals surface area contributed by atoms with Gasteiger partial charge in [-0.05, 0) is 32.1 Å². The Morgan fingerprint density at radius 3 is 2.47 bits per heavy atom. The highest BCUT2D eigenvalue weighted by atomic mass is 16.4. The lowest BCUT2D eigenvalue weighted by atomic mass is 10.2. The number of nitrogens with one attached hydrogen (secondary N) is 1. The number of carboxylic acid groups (broad SMARTS) is 1. The van der Waals surface area contributed by atoms with Crippen molar-refractivity contribution in [3.8, 4) is 0 Å². The number of carboxylic acids is 1. The van der Waals surface area contributed by atoms with E-state index in [4.69, 9.17) is 5.11 Å². The van der Waals surface area contributed by atoms with E-state index in [1.165, 1.54) is 0 Å². The van der Waals surface area contributed by atoms with Crippen LogP contribution in [0.2, 0.25) is 0 Å². The number of rotatable bonds is 7. The highest BCUT2D eigenvalue weighted by molar-refractivity contribution is 5.83. The van der Waals surface area contributed by atoms with E-state index in [9.17, 15) is 9.59 Å². The highest BCUT2D eigenvalue weighted by Gasteiger charge is 2.37. The van der Waals surface area contributed by atoms with E-state index in [-0.39, 0.29) is 11.9 Å². The summed E-state index contributed by atoms with van der Waals surface area (Å²) in [6.45, 7) is 5.27. The van der Waals surface area contributed by atoms with Gasteiger partial charge in [-0.2, -0.15) is 0 Å². The van der Waals surface area contributed by atoms with Crippen molar-refractivity contribution in [3.05, 3.63) is 0 Å². The molecule has 1 rings (SSSR count). The van der Waals surface area contributed by atoms with Crippen LogP contribution in [0, 0.1) is 5.92 Å². The highest BCUT2D eigenvalue weighted by Crippen LogP contribution is 2.32. The van der Waals surface area contributed by atoms with Gasteiger partial charge in [0.1, 0.15) is 6.04 Å². The minimum Gasteiger partial charge on any atom is -0.480 e. The van der Waals surface area contributed by atoms with Gasteiger partial charge < -0.3 is 15.3 Å². The van der Waals surface area contributed by atoms with E-state index >= 15 is 0 Å². The summed E-state index contributed by atoms with van der Waals surface area (Å²) in [7, 11) is 0. The Morgan fingerprint density at radius 2 is 2.06 bits per heavy atom. The third-order valence-electron chi connectivity index (χ3n) is 3.09.